The lowest BCUT2D eigenvalue weighted by molar-refractivity contribution is 0.0697. The molecule has 2 aromatic carbocycles. The van der Waals surface area contributed by atoms with Crippen LogP contribution < -0.4 is 10.1 Å². The highest BCUT2D eigenvalue weighted by atomic mass is 35.5. The van der Waals surface area contributed by atoms with Gasteiger partial charge in [0.05, 0.1) is 23.4 Å². The number of methoxy groups -OCH3 is 1. The van der Waals surface area contributed by atoms with Crippen LogP contribution in [-0.4, -0.2) is 28.2 Å². The number of anilines is 2. The molecule has 0 radical (unpaired) electrons. The van der Waals surface area contributed by atoms with E-state index < -0.39 is 5.97 Å². The van der Waals surface area contributed by atoms with E-state index in [-0.39, 0.29) is 10.6 Å². The molecule has 0 fully saturated rings. The molecule has 0 bridgehead atoms. The van der Waals surface area contributed by atoms with Crippen molar-refractivity contribution in [3.63, 3.8) is 0 Å². The summed E-state index contributed by atoms with van der Waals surface area (Å²) in [5, 5.41) is 12.4. The predicted octanol–water partition coefficient (Wildman–Crippen LogP) is 4.25. The van der Waals surface area contributed by atoms with Crippen molar-refractivity contribution in [2.24, 2.45) is 0 Å². The first-order valence-electron chi connectivity index (χ1n) is 7.34. The summed E-state index contributed by atoms with van der Waals surface area (Å²) in [5.74, 6) is 0.132. The van der Waals surface area contributed by atoms with Crippen LogP contribution in [0.4, 0.5) is 11.5 Å². The van der Waals surface area contributed by atoms with Crippen molar-refractivity contribution in [3.05, 3.63) is 65.4 Å². The van der Waals surface area contributed by atoms with E-state index in [4.69, 9.17) is 21.4 Å². The third-order valence-electron chi connectivity index (χ3n) is 3.52. The molecule has 1 aromatic heterocycles. The van der Waals surface area contributed by atoms with Gasteiger partial charge in [-0.15, -0.1) is 0 Å². The lowest BCUT2D eigenvalue weighted by Gasteiger charge is -2.10. The van der Waals surface area contributed by atoms with Gasteiger partial charge in [-0.25, -0.2) is 14.8 Å². The molecule has 0 spiro atoms. The maximum absolute atomic E-state index is 11.2. The zero-order valence-corrected chi connectivity index (χ0v) is 14.0. The molecule has 0 saturated heterocycles. The average molecular weight is 356 g/mol. The van der Waals surface area contributed by atoms with Gasteiger partial charge >= 0.3 is 5.97 Å². The number of nitrogens with zero attached hydrogens (tertiary/aromatic N) is 2. The summed E-state index contributed by atoms with van der Waals surface area (Å²) in [5.41, 5.74) is 2.09. The Kier molecular flexibility index (Phi) is 4.81. The summed E-state index contributed by atoms with van der Waals surface area (Å²) in [7, 11) is 1.60. The molecule has 7 heteroatoms. The molecular weight excluding hydrogens is 342 g/mol. The van der Waals surface area contributed by atoms with Crippen LogP contribution in [-0.2, 0) is 0 Å². The first-order valence-corrected chi connectivity index (χ1v) is 7.71. The molecule has 0 aliphatic rings. The Morgan fingerprint density at radius 2 is 1.96 bits per heavy atom. The van der Waals surface area contributed by atoms with Crippen LogP contribution in [0.15, 0.2) is 54.9 Å². The Morgan fingerprint density at radius 1 is 1.16 bits per heavy atom. The number of halogens is 1. The fraction of sp³-hybridized carbons (Fsp3) is 0.0556. The standard InChI is InChI=1S/C18H14ClN3O3/c1-25-16-5-3-2-4-12(16)15-9-17(21-10-20-15)22-11-6-7-14(19)13(8-11)18(23)24/h2-10H,1H3,(H,23,24)(H,20,21,22). The van der Waals surface area contributed by atoms with Crippen LogP contribution in [0.2, 0.25) is 5.02 Å². The number of benzene rings is 2. The van der Waals surface area contributed by atoms with Crippen LogP contribution in [0.25, 0.3) is 11.3 Å². The Morgan fingerprint density at radius 3 is 2.72 bits per heavy atom. The van der Waals surface area contributed by atoms with Crippen molar-refractivity contribution in [2.75, 3.05) is 12.4 Å². The van der Waals surface area contributed by atoms with Crippen molar-refractivity contribution in [1.29, 1.82) is 0 Å². The highest BCUT2D eigenvalue weighted by molar-refractivity contribution is 6.33. The quantitative estimate of drug-likeness (QED) is 0.711. The molecule has 0 amide bonds. The Labute approximate surface area is 149 Å². The van der Waals surface area contributed by atoms with E-state index in [9.17, 15) is 4.79 Å². The minimum absolute atomic E-state index is 0.0191. The van der Waals surface area contributed by atoms with Gasteiger partial charge in [-0.1, -0.05) is 23.7 Å². The second-order valence-electron chi connectivity index (χ2n) is 5.11. The molecule has 3 rings (SSSR count). The van der Waals surface area contributed by atoms with Crippen LogP contribution in [0.5, 0.6) is 5.75 Å². The van der Waals surface area contributed by atoms with Gasteiger partial charge in [-0.3, -0.25) is 0 Å². The number of para-hydroxylation sites is 1. The largest absolute Gasteiger partial charge is 0.496 e. The lowest BCUT2D eigenvalue weighted by Crippen LogP contribution is -2.00. The van der Waals surface area contributed by atoms with Gasteiger partial charge in [0.1, 0.15) is 17.9 Å². The summed E-state index contributed by atoms with van der Waals surface area (Å²) in [6.07, 6.45) is 1.43. The van der Waals surface area contributed by atoms with Crippen molar-refractivity contribution in [3.8, 4) is 17.0 Å². The molecule has 0 aliphatic heterocycles. The van der Waals surface area contributed by atoms with Gasteiger partial charge in [0, 0.05) is 17.3 Å². The zero-order valence-electron chi connectivity index (χ0n) is 13.2. The molecule has 1 heterocycles. The topological polar surface area (TPSA) is 84.3 Å². The van der Waals surface area contributed by atoms with Gasteiger partial charge in [0.2, 0.25) is 0 Å². The Bertz CT molecular complexity index is 931. The van der Waals surface area contributed by atoms with Gasteiger partial charge in [-0.2, -0.15) is 0 Å². The molecule has 0 saturated carbocycles. The number of carboxylic acids is 1. The number of carbonyl (C=O) groups is 1. The number of rotatable bonds is 5. The molecule has 0 aliphatic carbocycles. The fourth-order valence-corrected chi connectivity index (χ4v) is 2.54. The van der Waals surface area contributed by atoms with Gasteiger partial charge in [0.15, 0.2) is 0 Å². The first kappa shape index (κ1) is 16.7. The average Bonchev–Trinajstić information content (AvgIpc) is 2.63. The number of hydrogen-bond acceptors (Lipinski definition) is 5. The molecule has 0 atom stereocenters. The Hall–Kier alpha value is -3.12. The van der Waals surface area contributed by atoms with Crippen LogP contribution >= 0.6 is 11.6 Å². The third-order valence-corrected chi connectivity index (χ3v) is 3.85. The highest BCUT2D eigenvalue weighted by Crippen LogP contribution is 2.29. The minimum Gasteiger partial charge on any atom is -0.496 e. The van der Waals surface area contributed by atoms with Crippen LogP contribution in [0.3, 0.4) is 0 Å². The molecule has 25 heavy (non-hydrogen) atoms. The van der Waals surface area contributed by atoms with E-state index in [0.29, 0.717) is 22.9 Å². The van der Waals surface area contributed by atoms with Crippen molar-refractivity contribution in [1.82, 2.24) is 9.97 Å². The third kappa shape index (κ3) is 3.70. The molecule has 3 aromatic rings. The Balaban J connectivity index is 1.93. The summed E-state index contributed by atoms with van der Waals surface area (Å²) in [6, 6.07) is 13.9. The summed E-state index contributed by atoms with van der Waals surface area (Å²) >= 11 is 5.88. The molecular formula is C18H14ClN3O3. The van der Waals surface area contributed by atoms with Crippen molar-refractivity contribution < 1.29 is 14.6 Å². The van der Waals surface area contributed by atoms with E-state index in [0.717, 1.165) is 5.56 Å². The number of aromatic nitrogens is 2. The summed E-state index contributed by atoms with van der Waals surface area (Å²) < 4.78 is 5.35. The van der Waals surface area contributed by atoms with E-state index in [1.807, 2.05) is 24.3 Å². The summed E-state index contributed by atoms with van der Waals surface area (Å²) in [4.78, 5) is 19.6. The van der Waals surface area contributed by atoms with Crippen molar-refractivity contribution in [2.45, 2.75) is 0 Å². The second-order valence-corrected chi connectivity index (χ2v) is 5.52. The highest BCUT2D eigenvalue weighted by Gasteiger charge is 2.11. The van der Waals surface area contributed by atoms with Crippen LogP contribution in [0.1, 0.15) is 10.4 Å². The maximum atomic E-state index is 11.2. The zero-order chi connectivity index (χ0) is 17.8. The van der Waals surface area contributed by atoms with E-state index >= 15 is 0 Å². The number of ether oxygens (including phenoxy) is 1. The number of carboxylic acid groups (broad SMARTS) is 1. The van der Waals surface area contributed by atoms with Crippen LogP contribution in [0, 0.1) is 0 Å². The smallest absolute Gasteiger partial charge is 0.337 e. The van der Waals surface area contributed by atoms with E-state index in [1.54, 1.807) is 19.2 Å². The van der Waals surface area contributed by atoms with Crippen molar-refractivity contribution >= 4 is 29.1 Å². The molecule has 2 N–H and O–H groups in total. The SMILES string of the molecule is COc1ccccc1-c1cc(Nc2ccc(Cl)c(C(=O)O)c2)ncn1. The van der Waals surface area contributed by atoms with Gasteiger partial charge < -0.3 is 15.2 Å². The normalized spacial score (nSPS) is 10.3. The second kappa shape index (κ2) is 7.19. The van der Waals surface area contributed by atoms with Gasteiger partial charge in [0.25, 0.3) is 0 Å². The number of nitrogens with one attached hydrogen (secondary N) is 1. The molecule has 0 unspecified atom stereocenters. The lowest BCUT2D eigenvalue weighted by atomic mass is 10.1. The van der Waals surface area contributed by atoms with E-state index in [2.05, 4.69) is 15.3 Å². The summed E-state index contributed by atoms with van der Waals surface area (Å²) in [6.45, 7) is 0. The first-order chi connectivity index (χ1) is 12.1. The molecule has 6 nitrogen and oxygen atoms in total. The van der Waals surface area contributed by atoms with E-state index in [1.165, 1.54) is 18.5 Å². The predicted molar refractivity (Wildman–Crippen MR) is 95.7 cm³/mol. The monoisotopic (exact) mass is 355 g/mol. The maximum Gasteiger partial charge on any atom is 0.337 e. The number of hydrogen-bond donors (Lipinski definition) is 2. The number of aromatic carboxylic acids is 1. The minimum atomic E-state index is -1.09. The molecule has 126 valence electrons. The van der Waals surface area contributed by atoms with Gasteiger partial charge in [-0.05, 0) is 30.3 Å². The fourth-order valence-electron chi connectivity index (χ4n) is 2.34.